The molecule has 0 unspecified atom stereocenters. The predicted octanol–water partition coefficient (Wildman–Crippen LogP) is 6.54. The Kier molecular flexibility index (Phi) is 6.26. The molecule has 0 bridgehead atoms. The minimum Gasteiger partial charge on any atom is -0.0847 e. The summed E-state index contributed by atoms with van der Waals surface area (Å²) in [5.74, 6) is 0. The van der Waals surface area contributed by atoms with Gasteiger partial charge >= 0.3 is 0 Å². The summed E-state index contributed by atoms with van der Waals surface area (Å²) in [4.78, 5) is 0. The molecule has 0 aromatic rings. The Morgan fingerprint density at radius 3 is 2.40 bits per heavy atom. The van der Waals surface area contributed by atoms with Crippen LogP contribution in [0.1, 0.15) is 60.8 Å². The summed E-state index contributed by atoms with van der Waals surface area (Å²) in [5, 5.41) is 0. The van der Waals surface area contributed by atoms with Gasteiger partial charge in [0.1, 0.15) is 0 Å². The summed E-state index contributed by atoms with van der Waals surface area (Å²) in [7, 11) is 0. The fraction of sp³-hybridized carbons (Fsp3) is 0.500. The van der Waals surface area contributed by atoms with E-state index in [1.807, 2.05) is 0 Å². The van der Waals surface area contributed by atoms with Crippen LogP contribution < -0.4 is 0 Å². The normalized spacial score (nSPS) is 21.3. The molecule has 0 aromatic carbocycles. The summed E-state index contributed by atoms with van der Waals surface area (Å²) >= 11 is 0. The van der Waals surface area contributed by atoms with Gasteiger partial charge in [-0.3, -0.25) is 0 Å². The number of allylic oxidation sites excluding steroid dienone is 10. The molecule has 20 heavy (non-hydrogen) atoms. The Bertz CT molecular complexity index is 476. The highest BCUT2D eigenvalue weighted by Gasteiger charge is 2.26. The maximum absolute atomic E-state index is 2.36. The van der Waals surface area contributed by atoms with Crippen LogP contribution in [0.4, 0.5) is 0 Å². The molecule has 0 saturated carbocycles. The third kappa shape index (κ3) is 5.00. The maximum atomic E-state index is 2.36. The van der Waals surface area contributed by atoms with Gasteiger partial charge in [-0.1, -0.05) is 67.0 Å². The summed E-state index contributed by atoms with van der Waals surface area (Å²) in [6, 6.07) is 0. The van der Waals surface area contributed by atoms with E-state index in [-0.39, 0.29) is 0 Å². The molecule has 0 radical (unpaired) electrons. The van der Waals surface area contributed by atoms with Crippen molar-refractivity contribution in [1.82, 2.24) is 0 Å². The van der Waals surface area contributed by atoms with Gasteiger partial charge < -0.3 is 0 Å². The van der Waals surface area contributed by atoms with E-state index in [0.29, 0.717) is 5.41 Å². The monoisotopic (exact) mass is 270 g/mol. The van der Waals surface area contributed by atoms with E-state index in [0.717, 1.165) is 0 Å². The van der Waals surface area contributed by atoms with E-state index < -0.39 is 0 Å². The summed E-state index contributed by atoms with van der Waals surface area (Å²) in [6.45, 7) is 13.4. The molecule has 0 N–H and O–H groups in total. The van der Waals surface area contributed by atoms with E-state index >= 15 is 0 Å². The Hall–Kier alpha value is -1.30. The molecule has 0 heteroatoms. The Morgan fingerprint density at radius 2 is 1.80 bits per heavy atom. The van der Waals surface area contributed by atoms with E-state index in [1.165, 1.54) is 36.0 Å². The van der Waals surface area contributed by atoms with Crippen LogP contribution in [0.25, 0.3) is 0 Å². The third-order valence-electron chi connectivity index (χ3n) is 4.23. The van der Waals surface area contributed by atoms with E-state index in [9.17, 15) is 0 Å². The van der Waals surface area contributed by atoms with Gasteiger partial charge in [-0.15, -0.1) is 0 Å². The average molecular weight is 270 g/mol. The number of rotatable bonds is 4. The minimum absolute atomic E-state index is 0.330. The topological polar surface area (TPSA) is 0 Å². The van der Waals surface area contributed by atoms with Crippen LogP contribution in [-0.4, -0.2) is 0 Å². The van der Waals surface area contributed by atoms with E-state index in [2.05, 4.69) is 78.0 Å². The Morgan fingerprint density at radius 1 is 1.10 bits per heavy atom. The lowest BCUT2D eigenvalue weighted by atomic mass is 9.72. The fourth-order valence-electron chi connectivity index (χ4n) is 2.73. The smallest absolute Gasteiger partial charge is 0.0104 e. The molecule has 1 rings (SSSR count). The lowest BCUT2D eigenvalue weighted by molar-refractivity contribution is 0.377. The van der Waals surface area contributed by atoms with Crippen LogP contribution in [0.15, 0.2) is 58.7 Å². The molecule has 0 fully saturated rings. The molecule has 0 aliphatic heterocycles. The third-order valence-corrected chi connectivity index (χ3v) is 4.23. The first-order chi connectivity index (χ1) is 9.36. The second kappa shape index (κ2) is 7.47. The van der Waals surface area contributed by atoms with Crippen molar-refractivity contribution in [2.75, 3.05) is 0 Å². The van der Waals surface area contributed by atoms with E-state index in [1.54, 1.807) is 5.57 Å². The van der Waals surface area contributed by atoms with E-state index in [4.69, 9.17) is 0 Å². The Labute approximate surface area is 125 Å². The summed E-state index contributed by atoms with van der Waals surface area (Å²) in [6.07, 6.45) is 17.0. The second-order valence-electron chi connectivity index (χ2n) is 6.57. The molecule has 0 saturated heterocycles. The maximum Gasteiger partial charge on any atom is -0.0104 e. The lowest BCUT2D eigenvalue weighted by Crippen LogP contribution is -2.19. The molecular formula is C20H30. The van der Waals surface area contributed by atoms with Crippen LogP contribution >= 0.6 is 0 Å². The van der Waals surface area contributed by atoms with Crippen LogP contribution in [0.5, 0.6) is 0 Å². The Balaban J connectivity index is 2.81. The summed E-state index contributed by atoms with van der Waals surface area (Å²) in [5.41, 5.74) is 6.02. The molecule has 1 aliphatic rings. The zero-order chi connectivity index (χ0) is 15.2. The number of hydrogen-bond donors (Lipinski definition) is 0. The van der Waals surface area contributed by atoms with Gasteiger partial charge in [-0.2, -0.15) is 0 Å². The first-order valence-corrected chi connectivity index (χ1v) is 7.73. The van der Waals surface area contributed by atoms with Crippen molar-refractivity contribution in [3.63, 3.8) is 0 Å². The van der Waals surface area contributed by atoms with Gasteiger partial charge in [-0.25, -0.2) is 0 Å². The van der Waals surface area contributed by atoms with Crippen molar-refractivity contribution < 1.29 is 0 Å². The van der Waals surface area contributed by atoms with Gasteiger partial charge in [0.05, 0.1) is 0 Å². The quantitative estimate of drug-likeness (QED) is 0.509. The second-order valence-corrected chi connectivity index (χ2v) is 6.57. The highest BCUT2D eigenvalue weighted by atomic mass is 14.3. The molecule has 110 valence electrons. The molecule has 0 atom stereocenters. The zero-order valence-electron chi connectivity index (χ0n) is 14.1. The van der Waals surface area contributed by atoms with Gasteiger partial charge in [-0.05, 0) is 57.9 Å². The van der Waals surface area contributed by atoms with Gasteiger partial charge in [0, 0.05) is 0 Å². The fourth-order valence-corrected chi connectivity index (χ4v) is 2.73. The van der Waals surface area contributed by atoms with Crippen LogP contribution in [-0.2, 0) is 0 Å². The van der Waals surface area contributed by atoms with Crippen molar-refractivity contribution in [3.8, 4) is 0 Å². The lowest BCUT2D eigenvalue weighted by Gasteiger charge is -2.32. The molecule has 0 heterocycles. The van der Waals surface area contributed by atoms with Crippen molar-refractivity contribution in [3.05, 3.63) is 58.7 Å². The summed E-state index contributed by atoms with van der Waals surface area (Å²) < 4.78 is 0. The standard InChI is InChI=1S/C20H30/c1-7-16(2)10-8-11-17(3)13-14-19-18(4)12-9-15-20(19,5)6/h7-8,10-11,13-14H,9,12,15H2,1-6H3/b10-8-,14-13+,16-7+,17-11+. The van der Waals surface area contributed by atoms with Gasteiger partial charge in [0.2, 0.25) is 0 Å². The first-order valence-electron chi connectivity index (χ1n) is 7.73. The van der Waals surface area contributed by atoms with Crippen LogP contribution in [0.2, 0.25) is 0 Å². The largest absolute Gasteiger partial charge is 0.0847 e. The van der Waals surface area contributed by atoms with Crippen LogP contribution in [0, 0.1) is 5.41 Å². The van der Waals surface area contributed by atoms with Crippen molar-refractivity contribution >= 4 is 0 Å². The minimum atomic E-state index is 0.330. The van der Waals surface area contributed by atoms with Crippen molar-refractivity contribution in [2.24, 2.45) is 5.41 Å². The highest BCUT2D eigenvalue weighted by Crippen LogP contribution is 2.40. The molecule has 0 nitrogen and oxygen atoms in total. The highest BCUT2D eigenvalue weighted by molar-refractivity contribution is 5.37. The zero-order valence-corrected chi connectivity index (χ0v) is 14.1. The SMILES string of the molecule is C/C=C(C)/C=C\C=C(C)\C=C\C1=C(C)CCCC1(C)C. The molecule has 0 aromatic heterocycles. The predicted molar refractivity (Wildman–Crippen MR) is 91.8 cm³/mol. The van der Waals surface area contributed by atoms with Crippen LogP contribution in [0.3, 0.4) is 0 Å². The average Bonchev–Trinajstić information content (AvgIpc) is 2.37. The van der Waals surface area contributed by atoms with Gasteiger partial charge in [0.15, 0.2) is 0 Å². The molecule has 1 aliphatic carbocycles. The molecule has 0 amide bonds. The van der Waals surface area contributed by atoms with Crippen molar-refractivity contribution in [2.45, 2.75) is 60.8 Å². The first kappa shape index (κ1) is 16.8. The van der Waals surface area contributed by atoms with Crippen molar-refractivity contribution in [1.29, 1.82) is 0 Å². The number of hydrogen-bond acceptors (Lipinski definition) is 0. The van der Waals surface area contributed by atoms with Gasteiger partial charge in [0.25, 0.3) is 0 Å². The molecular weight excluding hydrogens is 240 g/mol. The molecule has 0 spiro atoms.